The maximum absolute atomic E-state index is 14.5. The molecule has 3 aromatic rings. The van der Waals surface area contributed by atoms with Gasteiger partial charge in [0.1, 0.15) is 17.7 Å². The van der Waals surface area contributed by atoms with Crippen LogP contribution in [0.15, 0.2) is 47.1 Å². The summed E-state index contributed by atoms with van der Waals surface area (Å²) in [5.74, 6) is -0.0202. The summed E-state index contributed by atoms with van der Waals surface area (Å²) in [7, 11) is 1.27. The Labute approximate surface area is 192 Å². The van der Waals surface area contributed by atoms with Crippen LogP contribution in [0.3, 0.4) is 0 Å². The van der Waals surface area contributed by atoms with E-state index in [1.165, 1.54) is 13.2 Å². The van der Waals surface area contributed by atoms with Crippen molar-refractivity contribution in [1.82, 2.24) is 15.3 Å². The van der Waals surface area contributed by atoms with Crippen LogP contribution in [0.5, 0.6) is 0 Å². The molecule has 0 spiro atoms. The van der Waals surface area contributed by atoms with Crippen LogP contribution in [0.2, 0.25) is 0 Å². The molecule has 0 unspecified atom stereocenters. The van der Waals surface area contributed by atoms with Crippen LogP contribution in [0.1, 0.15) is 29.4 Å². The summed E-state index contributed by atoms with van der Waals surface area (Å²) < 4.78 is 19.8. The molecular weight excluding hydrogens is 479 g/mol. The largest absolute Gasteiger partial charge is 0.453 e. The van der Waals surface area contributed by atoms with Gasteiger partial charge >= 0.3 is 6.09 Å². The number of nitrogens with zero attached hydrogens (tertiary/aromatic N) is 2. The highest BCUT2D eigenvalue weighted by Crippen LogP contribution is 2.44. The van der Waals surface area contributed by atoms with Crippen molar-refractivity contribution in [1.29, 1.82) is 0 Å². The van der Waals surface area contributed by atoms with E-state index in [9.17, 15) is 14.0 Å². The van der Waals surface area contributed by atoms with Gasteiger partial charge in [-0.3, -0.25) is 9.69 Å². The van der Waals surface area contributed by atoms with Gasteiger partial charge in [-0.15, -0.1) is 0 Å². The number of hydrogen-bond acceptors (Lipinski definition) is 4. The van der Waals surface area contributed by atoms with Crippen molar-refractivity contribution >= 4 is 33.6 Å². The zero-order valence-corrected chi connectivity index (χ0v) is 18.8. The van der Waals surface area contributed by atoms with Crippen molar-refractivity contribution < 1.29 is 18.7 Å². The van der Waals surface area contributed by atoms with Crippen molar-refractivity contribution in [2.75, 3.05) is 12.0 Å². The quantitative estimate of drug-likeness (QED) is 0.564. The number of alkyl carbamates (subject to hydrolysis) is 1. The Kier molecular flexibility index (Phi) is 5.21. The van der Waals surface area contributed by atoms with Crippen LogP contribution in [-0.2, 0) is 22.4 Å². The lowest BCUT2D eigenvalue weighted by Crippen LogP contribution is -2.48. The maximum Gasteiger partial charge on any atom is 0.407 e. The molecule has 0 saturated carbocycles. The molecule has 32 heavy (non-hydrogen) atoms. The van der Waals surface area contributed by atoms with Crippen molar-refractivity contribution in [3.05, 3.63) is 69.8 Å². The highest BCUT2D eigenvalue weighted by molar-refractivity contribution is 9.10. The minimum Gasteiger partial charge on any atom is -0.453 e. The summed E-state index contributed by atoms with van der Waals surface area (Å²) >= 11 is 3.27. The third kappa shape index (κ3) is 3.46. The number of H-pyrrole nitrogens is 1. The minimum absolute atomic E-state index is 0.211. The first-order chi connectivity index (χ1) is 15.5. The zero-order valence-electron chi connectivity index (χ0n) is 17.2. The summed E-state index contributed by atoms with van der Waals surface area (Å²) in [6, 6.07) is 9.74. The molecule has 0 saturated heterocycles. The number of amides is 2. The smallest absolute Gasteiger partial charge is 0.407 e. The van der Waals surface area contributed by atoms with Crippen molar-refractivity contribution in [3.8, 4) is 11.3 Å². The Morgan fingerprint density at radius 3 is 2.91 bits per heavy atom. The molecule has 9 heteroatoms. The first-order valence-electron chi connectivity index (χ1n) is 10.2. The predicted octanol–water partition coefficient (Wildman–Crippen LogP) is 4.28. The highest BCUT2D eigenvalue weighted by Gasteiger charge is 2.42. The Bertz CT molecular complexity index is 1230. The van der Waals surface area contributed by atoms with Crippen molar-refractivity contribution in [2.24, 2.45) is 0 Å². The number of carbonyl (C=O) groups excluding carboxylic acids is 2. The molecule has 3 heterocycles. The van der Waals surface area contributed by atoms with Crippen LogP contribution in [-0.4, -0.2) is 35.1 Å². The number of aryl methyl sites for hydroxylation is 1. The molecule has 0 fully saturated rings. The molecule has 0 bridgehead atoms. The average Bonchev–Trinajstić information content (AvgIpc) is 3.37. The normalized spacial score (nSPS) is 19.5. The van der Waals surface area contributed by atoms with Gasteiger partial charge < -0.3 is 15.0 Å². The number of rotatable bonds is 3. The van der Waals surface area contributed by atoms with E-state index in [-0.39, 0.29) is 17.8 Å². The number of ether oxygens (including phenoxy) is 1. The number of nitrogens with one attached hydrogen (secondary N) is 2. The standard InChI is InChI=1S/C23H20BrFN4O3/c1-32-23(31)28-17-8-5-12-3-2-4-13-9-19(29(20(12)13)22(17)30)21-26-11-18(27-21)15-7-6-14(24)10-16(15)25/h2-4,6-7,10-11,17,19H,5,8-9H2,1H3,(H,26,27)(H,28,31)/t17-,19-/m0/s1. The van der Waals surface area contributed by atoms with Crippen LogP contribution in [0.4, 0.5) is 14.9 Å². The van der Waals surface area contributed by atoms with Crippen LogP contribution < -0.4 is 10.2 Å². The molecule has 1 aromatic heterocycles. The number of carbonyl (C=O) groups is 2. The predicted molar refractivity (Wildman–Crippen MR) is 120 cm³/mol. The Balaban J connectivity index is 1.53. The molecule has 2 amide bonds. The minimum atomic E-state index is -0.707. The van der Waals surface area contributed by atoms with E-state index in [1.807, 2.05) is 18.2 Å². The van der Waals surface area contributed by atoms with Gasteiger partial charge in [0.05, 0.1) is 30.7 Å². The van der Waals surface area contributed by atoms with E-state index in [1.54, 1.807) is 23.2 Å². The lowest BCUT2D eigenvalue weighted by molar-refractivity contribution is -0.121. The lowest BCUT2D eigenvalue weighted by Gasteiger charge is -2.27. The first kappa shape index (κ1) is 20.7. The van der Waals surface area contributed by atoms with Gasteiger partial charge in [-0.1, -0.05) is 34.1 Å². The fourth-order valence-corrected chi connectivity index (χ4v) is 4.87. The second kappa shape index (κ2) is 8.05. The maximum atomic E-state index is 14.5. The van der Waals surface area contributed by atoms with E-state index in [2.05, 4.69) is 31.2 Å². The van der Waals surface area contributed by atoms with Gasteiger partial charge in [-0.05, 0) is 42.2 Å². The number of anilines is 1. The Morgan fingerprint density at radius 1 is 1.31 bits per heavy atom. The summed E-state index contributed by atoms with van der Waals surface area (Å²) in [6.45, 7) is 0. The van der Waals surface area contributed by atoms with Crippen molar-refractivity contribution in [3.63, 3.8) is 0 Å². The van der Waals surface area contributed by atoms with Gasteiger partial charge in [0.15, 0.2) is 0 Å². The summed E-state index contributed by atoms with van der Waals surface area (Å²) in [4.78, 5) is 34.8. The number of hydrogen-bond donors (Lipinski definition) is 2. The molecule has 2 atom stereocenters. The number of aromatic nitrogens is 2. The van der Waals surface area contributed by atoms with E-state index in [0.717, 1.165) is 16.8 Å². The number of para-hydroxylation sites is 1. The van der Waals surface area contributed by atoms with Crippen LogP contribution >= 0.6 is 15.9 Å². The number of imidazole rings is 1. The molecular formula is C23H20BrFN4O3. The molecule has 2 N–H and O–H groups in total. The summed E-state index contributed by atoms with van der Waals surface area (Å²) in [6.07, 6.45) is 2.64. The van der Waals surface area contributed by atoms with E-state index < -0.39 is 12.1 Å². The number of benzene rings is 2. The molecule has 164 valence electrons. The van der Waals surface area contributed by atoms with Gasteiger partial charge in [0.2, 0.25) is 5.91 Å². The van der Waals surface area contributed by atoms with E-state index >= 15 is 0 Å². The van der Waals surface area contributed by atoms with Crippen LogP contribution in [0, 0.1) is 5.82 Å². The number of halogens is 2. The number of aromatic amines is 1. The molecule has 2 aromatic carbocycles. The van der Waals surface area contributed by atoms with Gasteiger partial charge in [-0.2, -0.15) is 0 Å². The third-order valence-electron chi connectivity index (χ3n) is 6.02. The van der Waals surface area contributed by atoms with Crippen LogP contribution in [0.25, 0.3) is 11.3 Å². The van der Waals surface area contributed by atoms with Crippen molar-refractivity contribution in [2.45, 2.75) is 31.3 Å². The molecule has 7 nitrogen and oxygen atoms in total. The Morgan fingerprint density at radius 2 is 2.12 bits per heavy atom. The summed E-state index contributed by atoms with van der Waals surface area (Å²) in [5.41, 5.74) is 3.92. The summed E-state index contributed by atoms with van der Waals surface area (Å²) in [5, 5.41) is 2.66. The van der Waals surface area contributed by atoms with E-state index in [0.29, 0.717) is 40.8 Å². The molecule has 2 aliphatic rings. The second-order valence-corrected chi connectivity index (χ2v) is 8.80. The zero-order chi connectivity index (χ0) is 22.4. The highest BCUT2D eigenvalue weighted by atomic mass is 79.9. The van der Waals surface area contributed by atoms with Gasteiger partial charge in [0, 0.05) is 16.5 Å². The Hall–Kier alpha value is -3.20. The molecule has 0 radical (unpaired) electrons. The fraction of sp³-hybridized carbons (Fsp3) is 0.261. The SMILES string of the molecule is COC(=O)N[C@H]1CCc2cccc3c2N(C1=O)[C@H](c1ncc(-c2ccc(Br)cc2F)[nH]1)C3. The lowest BCUT2D eigenvalue weighted by atomic mass is 10.0. The van der Waals surface area contributed by atoms with Gasteiger partial charge in [0.25, 0.3) is 0 Å². The molecule has 5 rings (SSSR count). The second-order valence-electron chi connectivity index (χ2n) is 7.89. The fourth-order valence-electron chi connectivity index (χ4n) is 4.54. The monoisotopic (exact) mass is 498 g/mol. The first-order valence-corrected chi connectivity index (χ1v) is 11.0. The molecule has 0 aliphatic carbocycles. The average molecular weight is 499 g/mol. The topological polar surface area (TPSA) is 87.3 Å². The number of methoxy groups -OCH3 is 1. The van der Waals surface area contributed by atoms with E-state index in [4.69, 9.17) is 4.74 Å². The third-order valence-corrected chi connectivity index (χ3v) is 6.51. The van der Waals surface area contributed by atoms with Gasteiger partial charge in [-0.25, -0.2) is 14.2 Å². The molecule has 2 aliphatic heterocycles.